The number of benzene rings is 1. The topological polar surface area (TPSA) is 47.6 Å². The molecule has 4 nitrogen and oxygen atoms in total. The van der Waals surface area contributed by atoms with Crippen molar-refractivity contribution in [3.05, 3.63) is 35.9 Å². The number of para-hydroxylation sites is 1. The van der Waals surface area contributed by atoms with Crippen molar-refractivity contribution in [3.63, 3.8) is 0 Å². The summed E-state index contributed by atoms with van der Waals surface area (Å²) in [6, 6.07) is 7.54. The van der Waals surface area contributed by atoms with E-state index in [-0.39, 0.29) is 5.91 Å². The fraction of sp³-hybridized carbons (Fsp3) is 0.400. The molecule has 0 spiro atoms. The first-order chi connectivity index (χ1) is 8.92. The monoisotopic (exact) mass is 263 g/mol. The summed E-state index contributed by atoms with van der Waals surface area (Å²) in [5, 5.41) is 0. The molecule has 0 radical (unpaired) electrons. The summed E-state index contributed by atoms with van der Waals surface area (Å²) in [5.74, 6) is 0.451. The molecular weight excluding hydrogens is 242 g/mol. The van der Waals surface area contributed by atoms with Crippen molar-refractivity contribution in [2.75, 3.05) is 6.61 Å². The van der Waals surface area contributed by atoms with Crippen molar-refractivity contribution in [1.29, 1.82) is 0 Å². The lowest BCUT2D eigenvalue weighted by molar-refractivity contribution is -0.140. The van der Waals surface area contributed by atoms with Crippen LogP contribution in [0.1, 0.15) is 33.3 Å². The third-order valence-corrected chi connectivity index (χ3v) is 2.09. The zero-order valence-corrected chi connectivity index (χ0v) is 11.9. The Labute approximate surface area is 114 Å². The van der Waals surface area contributed by atoms with E-state index >= 15 is 0 Å². The van der Waals surface area contributed by atoms with Gasteiger partial charge in [0, 0.05) is 11.6 Å². The zero-order chi connectivity index (χ0) is 14.3. The molecule has 19 heavy (non-hydrogen) atoms. The van der Waals surface area contributed by atoms with E-state index in [0.29, 0.717) is 6.61 Å². The molecule has 1 amide bonds. The minimum absolute atomic E-state index is 0.304. The number of ether oxygens (including phenoxy) is 1. The van der Waals surface area contributed by atoms with Crippen molar-refractivity contribution in [1.82, 2.24) is 5.48 Å². The lowest BCUT2D eigenvalue weighted by atomic mass is 10.2. The maximum atomic E-state index is 11.6. The molecule has 1 N–H and O–H groups in total. The molecule has 0 bridgehead atoms. The van der Waals surface area contributed by atoms with Crippen LogP contribution in [0.4, 0.5) is 0 Å². The van der Waals surface area contributed by atoms with Gasteiger partial charge in [-0.1, -0.05) is 18.2 Å². The van der Waals surface area contributed by atoms with E-state index in [1.165, 1.54) is 6.08 Å². The van der Waals surface area contributed by atoms with Crippen LogP contribution in [0.15, 0.2) is 30.3 Å². The number of carbonyl (C=O) groups excluding carboxylic acids is 1. The van der Waals surface area contributed by atoms with E-state index in [9.17, 15) is 4.79 Å². The van der Waals surface area contributed by atoms with Crippen molar-refractivity contribution >= 4 is 12.0 Å². The molecule has 0 aliphatic carbocycles. The second-order valence-electron chi connectivity index (χ2n) is 4.98. The van der Waals surface area contributed by atoms with Gasteiger partial charge in [-0.05, 0) is 39.8 Å². The van der Waals surface area contributed by atoms with Gasteiger partial charge >= 0.3 is 0 Å². The van der Waals surface area contributed by atoms with Gasteiger partial charge in [-0.3, -0.25) is 9.63 Å². The Morgan fingerprint density at radius 2 is 2.00 bits per heavy atom. The highest BCUT2D eigenvalue weighted by atomic mass is 16.7. The van der Waals surface area contributed by atoms with Crippen molar-refractivity contribution in [3.8, 4) is 5.75 Å². The van der Waals surface area contributed by atoms with Gasteiger partial charge in [0.25, 0.3) is 5.91 Å². The van der Waals surface area contributed by atoms with Crippen LogP contribution in [0.3, 0.4) is 0 Å². The number of carbonyl (C=O) groups is 1. The minimum Gasteiger partial charge on any atom is -0.493 e. The summed E-state index contributed by atoms with van der Waals surface area (Å²) in [6.45, 7) is 8.10. The first-order valence-electron chi connectivity index (χ1n) is 6.30. The highest BCUT2D eigenvalue weighted by molar-refractivity contribution is 5.91. The van der Waals surface area contributed by atoms with Crippen LogP contribution in [0, 0.1) is 0 Å². The SMILES string of the molecule is CCOc1ccccc1/C=C/C(=O)NOC(C)(C)C. The number of hydrogen-bond acceptors (Lipinski definition) is 3. The molecule has 0 fully saturated rings. The van der Waals surface area contributed by atoms with E-state index in [0.717, 1.165) is 11.3 Å². The molecule has 0 heterocycles. The molecule has 1 aromatic rings. The molecule has 0 aliphatic rings. The van der Waals surface area contributed by atoms with E-state index in [4.69, 9.17) is 9.57 Å². The van der Waals surface area contributed by atoms with Crippen LogP contribution in [0.2, 0.25) is 0 Å². The molecule has 0 saturated carbocycles. The van der Waals surface area contributed by atoms with Crippen LogP contribution in [0.5, 0.6) is 5.75 Å². The van der Waals surface area contributed by atoms with Crippen LogP contribution in [-0.4, -0.2) is 18.1 Å². The molecule has 1 aromatic carbocycles. The van der Waals surface area contributed by atoms with Gasteiger partial charge in [-0.15, -0.1) is 0 Å². The van der Waals surface area contributed by atoms with Crippen molar-refractivity contribution in [2.45, 2.75) is 33.3 Å². The van der Waals surface area contributed by atoms with Gasteiger partial charge in [0.15, 0.2) is 0 Å². The Bertz CT molecular complexity index is 447. The first-order valence-corrected chi connectivity index (χ1v) is 6.30. The lowest BCUT2D eigenvalue weighted by Crippen LogP contribution is -2.32. The van der Waals surface area contributed by atoms with Crippen LogP contribution < -0.4 is 10.2 Å². The predicted octanol–water partition coefficient (Wildman–Crippen LogP) is 2.94. The van der Waals surface area contributed by atoms with Gasteiger partial charge in [0.2, 0.25) is 0 Å². The maximum absolute atomic E-state index is 11.6. The minimum atomic E-state index is -0.410. The average Bonchev–Trinajstić information content (AvgIpc) is 2.35. The lowest BCUT2D eigenvalue weighted by Gasteiger charge is -2.18. The summed E-state index contributed by atoms with van der Waals surface area (Å²) in [5.41, 5.74) is 2.82. The van der Waals surface area contributed by atoms with E-state index < -0.39 is 5.60 Å². The number of amides is 1. The Morgan fingerprint density at radius 1 is 1.32 bits per heavy atom. The molecule has 1 rings (SSSR count). The molecule has 4 heteroatoms. The Kier molecular flexibility index (Phi) is 5.57. The molecule has 0 aliphatic heterocycles. The molecular formula is C15H21NO3. The fourth-order valence-corrected chi connectivity index (χ4v) is 1.31. The predicted molar refractivity (Wildman–Crippen MR) is 75.6 cm³/mol. The summed E-state index contributed by atoms with van der Waals surface area (Å²) < 4.78 is 5.47. The third-order valence-electron chi connectivity index (χ3n) is 2.09. The van der Waals surface area contributed by atoms with Crippen molar-refractivity contribution < 1.29 is 14.4 Å². The summed E-state index contributed by atoms with van der Waals surface area (Å²) in [6.07, 6.45) is 3.12. The summed E-state index contributed by atoms with van der Waals surface area (Å²) in [7, 11) is 0. The fourth-order valence-electron chi connectivity index (χ4n) is 1.31. The Morgan fingerprint density at radius 3 is 2.63 bits per heavy atom. The Hall–Kier alpha value is -1.81. The Balaban J connectivity index is 2.63. The zero-order valence-electron chi connectivity index (χ0n) is 11.9. The van der Waals surface area contributed by atoms with Gasteiger partial charge in [0.05, 0.1) is 12.2 Å². The second kappa shape index (κ2) is 6.95. The molecule has 0 atom stereocenters. The van der Waals surface area contributed by atoms with Gasteiger partial charge in [0.1, 0.15) is 5.75 Å². The maximum Gasteiger partial charge on any atom is 0.267 e. The molecule has 104 valence electrons. The summed E-state index contributed by atoms with van der Waals surface area (Å²) >= 11 is 0. The third kappa shape index (κ3) is 6.06. The van der Waals surface area contributed by atoms with Gasteiger partial charge in [-0.25, -0.2) is 5.48 Å². The largest absolute Gasteiger partial charge is 0.493 e. The van der Waals surface area contributed by atoms with Crippen LogP contribution in [-0.2, 0) is 9.63 Å². The number of nitrogens with one attached hydrogen (secondary N) is 1. The smallest absolute Gasteiger partial charge is 0.267 e. The van der Waals surface area contributed by atoms with E-state index in [1.807, 2.05) is 52.0 Å². The molecule has 0 unspecified atom stereocenters. The highest BCUT2D eigenvalue weighted by Crippen LogP contribution is 2.19. The molecule has 0 aromatic heterocycles. The van der Waals surface area contributed by atoms with E-state index in [1.54, 1.807) is 6.08 Å². The quantitative estimate of drug-likeness (QED) is 0.656. The average molecular weight is 263 g/mol. The van der Waals surface area contributed by atoms with Gasteiger partial charge < -0.3 is 4.74 Å². The second-order valence-corrected chi connectivity index (χ2v) is 4.98. The number of hydroxylamine groups is 1. The first kappa shape index (κ1) is 15.2. The normalized spacial score (nSPS) is 11.6. The summed E-state index contributed by atoms with van der Waals surface area (Å²) in [4.78, 5) is 16.7. The van der Waals surface area contributed by atoms with Crippen LogP contribution in [0.25, 0.3) is 6.08 Å². The highest BCUT2D eigenvalue weighted by Gasteiger charge is 2.11. The number of rotatable bonds is 5. The number of hydrogen-bond donors (Lipinski definition) is 1. The standard InChI is InChI=1S/C15H21NO3/c1-5-18-13-9-7-6-8-12(13)10-11-14(17)16-19-15(2,3)4/h6-11H,5H2,1-4H3,(H,16,17)/b11-10+. The van der Waals surface area contributed by atoms with E-state index in [2.05, 4.69) is 5.48 Å². The van der Waals surface area contributed by atoms with Gasteiger partial charge in [-0.2, -0.15) is 0 Å². The van der Waals surface area contributed by atoms with Crippen LogP contribution >= 0.6 is 0 Å². The molecule has 0 saturated heterocycles. The van der Waals surface area contributed by atoms with Crippen molar-refractivity contribution in [2.24, 2.45) is 0 Å².